The minimum atomic E-state index is -0.0130. The summed E-state index contributed by atoms with van der Waals surface area (Å²) in [4.78, 5) is 7.75. The molecule has 0 saturated heterocycles. The van der Waals surface area contributed by atoms with Crippen molar-refractivity contribution in [2.45, 2.75) is 19.9 Å². The number of anilines is 1. The van der Waals surface area contributed by atoms with E-state index < -0.39 is 0 Å². The normalized spacial score (nSPS) is 12.9. The van der Waals surface area contributed by atoms with Crippen molar-refractivity contribution in [2.75, 3.05) is 11.9 Å². The molecule has 4 nitrogen and oxygen atoms in total. The van der Waals surface area contributed by atoms with Gasteiger partial charge in [0.05, 0.1) is 12.6 Å². The fraction of sp³-hybridized carbons (Fsp3) is 0.556. The van der Waals surface area contributed by atoms with Crippen LogP contribution in [-0.2, 0) is 0 Å². The van der Waals surface area contributed by atoms with E-state index in [0.717, 1.165) is 0 Å². The number of hydrogen-bond donors (Lipinski definition) is 2. The lowest BCUT2D eigenvalue weighted by atomic mass is 10.1. The molecule has 0 saturated carbocycles. The van der Waals surface area contributed by atoms with E-state index in [9.17, 15) is 0 Å². The summed E-state index contributed by atoms with van der Waals surface area (Å²) >= 11 is 5.63. The highest BCUT2D eigenvalue weighted by Gasteiger charge is 2.12. The monoisotopic (exact) mass is 215 g/mol. The molecule has 0 aliphatic carbocycles. The highest BCUT2D eigenvalue weighted by molar-refractivity contribution is 6.28. The van der Waals surface area contributed by atoms with Crippen LogP contribution in [0, 0.1) is 5.92 Å². The molecule has 0 radical (unpaired) electrons. The van der Waals surface area contributed by atoms with Crippen molar-refractivity contribution in [1.82, 2.24) is 9.97 Å². The molecule has 1 rings (SSSR count). The lowest BCUT2D eigenvalue weighted by molar-refractivity contribution is 0.249. The van der Waals surface area contributed by atoms with Crippen LogP contribution in [0.2, 0.25) is 5.28 Å². The fourth-order valence-corrected chi connectivity index (χ4v) is 1.18. The maximum Gasteiger partial charge on any atom is 0.224 e. The van der Waals surface area contributed by atoms with Gasteiger partial charge in [0.15, 0.2) is 0 Å². The van der Waals surface area contributed by atoms with E-state index in [1.54, 1.807) is 12.3 Å². The number of hydrogen-bond acceptors (Lipinski definition) is 4. The van der Waals surface area contributed by atoms with E-state index in [0.29, 0.717) is 11.7 Å². The summed E-state index contributed by atoms with van der Waals surface area (Å²) in [6, 6.07) is 1.71. The van der Waals surface area contributed by atoms with E-state index in [-0.39, 0.29) is 17.9 Å². The van der Waals surface area contributed by atoms with Gasteiger partial charge in [-0.1, -0.05) is 13.8 Å². The summed E-state index contributed by atoms with van der Waals surface area (Å²) in [5.41, 5.74) is 0. The van der Waals surface area contributed by atoms with Gasteiger partial charge in [-0.2, -0.15) is 0 Å². The third kappa shape index (κ3) is 3.12. The van der Waals surface area contributed by atoms with Crippen molar-refractivity contribution in [3.8, 4) is 0 Å². The van der Waals surface area contributed by atoms with E-state index in [1.807, 2.05) is 13.8 Å². The number of halogens is 1. The standard InChI is InChI=1S/C9H14ClN3O/c1-6(2)7(5-14)12-8-3-4-11-9(10)13-8/h3-4,6-7,14H,5H2,1-2H3,(H,11,12,13)/t7-/m1/s1. The van der Waals surface area contributed by atoms with Crippen molar-refractivity contribution in [1.29, 1.82) is 0 Å². The Hall–Kier alpha value is -0.870. The van der Waals surface area contributed by atoms with Crippen LogP contribution in [0.3, 0.4) is 0 Å². The number of rotatable bonds is 4. The van der Waals surface area contributed by atoms with Crippen LogP contribution in [0.1, 0.15) is 13.8 Å². The van der Waals surface area contributed by atoms with Gasteiger partial charge in [-0.15, -0.1) is 0 Å². The SMILES string of the molecule is CC(C)[C@@H](CO)Nc1ccnc(Cl)n1. The number of aliphatic hydroxyl groups excluding tert-OH is 1. The molecular formula is C9H14ClN3O. The number of nitrogens with zero attached hydrogens (tertiary/aromatic N) is 2. The molecule has 1 heterocycles. The van der Waals surface area contributed by atoms with Gasteiger partial charge in [-0.25, -0.2) is 9.97 Å². The van der Waals surface area contributed by atoms with Gasteiger partial charge in [0.1, 0.15) is 5.82 Å². The van der Waals surface area contributed by atoms with E-state index in [4.69, 9.17) is 16.7 Å². The molecule has 0 bridgehead atoms. The Morgan fingerprint density at radius 3 is 2.79 bits per heavy atom. The number of aliphatic hydroxyl groups is 1. The van der Waals surface area contributed by atoms with Gasteiger partial charge < -0.3 is 10.4 Å². The Morgan fingerprint density at radius 2 is 2.29 bits per heavy atom. The van der Waals surface area contributed by atoms with Crippen molar-refractivity contribution in [2.24, 2.45) is 5.92 Å². The molecule has 0 amide bonds. The van der Waals surface area contributed by atoms with Crippen LogP contribution in [0.25, 0.3) is 0 Å². The smallest absolute Gasteiger partial charge is 0.224 e. The lowest BCUT2D eigenvalue weighted by Gasteiger charge is -2.20. The number of nitrogens with one attached hydrogen (secondary N) is 1. The molecule has 0 fully saturated rings. The first-order valence-electron chi connectivity index (χ1n) is 4.49. The van der Waals surface area contributed by atoms with Crippen LogP contribution >= 0.6 is 11.6 Å². The van der Waals surface area contributed by atoms with Crippen molar-refractivity contribution < 1.29 is 5.11 Å². The summed E-state index contributed by atoms with van der Waals surface area (Å²) in [6.07, 6.45) is 1.58. The molecule has 14 heavy (non-hydrogen) atoms. The Morgan fingerprint density at radius 1 is 1.57 bits per heavy atom. The van der Waals surface area contributed by atoms with Crippen molar-refractivity contribution >= 4 is 17.4 Å². The third-order valence-electron chi connectivity index (χ3n) is 1.96. The quantitative estimate of drug-likeness (QED) is 0.749. The maximum absolute atomic E-state index is 9.09. The van der Waals surface area contributed by atoms with Crippen LogP contribution in [0.4, 0.5) is 5.82 Å². The summed E-state index contributed by atoms with van der Waals surface area (Å²) in [7, 11) is 0. The predicted molar refractivity (Wildman–Crippen MR) is 56.4 cm³/mol. The molecular weight excluding hydrogens is 202 g/mol. The van der Waals surface area contributed by atoms with Gasteiger partial charge in [-0.05, 0) is 23.6 Å². The first-order valence-corrected chi connectivity index (χ1v) is 4.87. The highest BCUT2D eigenvalue weighted by Crippen LogP contribution is 2.11. The topological polar surface area (TPSA) is 58.0 Å². The zero-order valence-electron chi connectivity index (χ0n) is 8.24. The second-order valence-electron chi connectivity index (χ2n) is 3.39. The number of aromatic nitrogens is 2. The van der Waals surface area contributed by atoms with Gasteiger partial charge >= 0.3 is 0 Å². The summed E-state index contributed by atoms with van der Waals surface area (Å²) in [5, 5.41) is 12.4. The third-order valence-corrected chi connectivity index (χ3v) is 2.14. The second-order valence-corrected chi connectivity index (χ2v) is 3.73. The molecule has 0 aliphatic heterocycles. The molecule has 78 valence electrons. The van der Waals surface area contributed by atoms with Gasteiger partial charge in [0, 0.05) is 6.20 Å². The Kier molecular flexibility index (Phi) is 4.10. The molecule has 1 aromatic rings. The summed E-state index contributed by atoms with van der Waals surface area (Å²) in [5.74, 6) is 0.964. The van der Waals surface area contributed by atoms with Crippen molar-refractivity contribution in [3.05, 3.63) is 17.5 Å². The van der Waals surface area contributed by atoms with Crippen molar-refractivity contribution in [3.63, 3.8) is 0 Å². The summed E-state index contributed by atoms with van der Waals surface area (Å²) < 4.78 is 0. The average molecular weight is 216 g/mol. The predicted octanol–water partition coefficient (Wildman–Crippen LogP) is 1.56. The molecule has 2 N–H and O–H groups in total. The minimum absolute atomic E-state index is 0.0130. The van der Waals surface area contributed by atoms with Gasteiger partial charge in [-0.3, -0.25) is 0 Å². The highest BCUT2D eigenvalue weighted by atomic mass is 35.5. The van der Waals surface area contributed by atoms with Gasteiger partial charge in [0.2, 0.25) is 5.28 Å². The van der Waals surface area contributed by atoms with E-state index in [2.05, 4.69) is 15.3 Å². The second kappa shape index (κ2) is 5.12. The van der Waals surface area contributed by atoms with Crippen LogP contribution < -0.4 is 5.32 Å². The van der Waals surface area contributed by atoms with Crippen LogP contribution in [-0.4, -0.2) is 27.7 Å². The van der Waals surface area contributed by atoms with Crippen LogP contribution in [0.5, 0.6) is 0 Å². The Labute approximate surface area is 88.3 Å². The molecule has 1 aromatic heterocycles. The molecule has 0 unspecified atom stereocenters. The fourth-order valence-electron chi connectivity index (χ4n) is 1.03. The van der Waals surface area contributed by atoms with Crippen LogP contribution in [0.15, 0.2) is 12.3 Å². The molecule has 0 aliphatic rings. The summed E-state index contributed by atoms with van der Waals surface area (Å²) in [6.45, 7) is 4.12. The molecule has 5 heteroatoms. The lowest BCUT2D eigenvalue weighted by Crippen LogP contribution is -2.29. The first kappa shape index (κ1) is 11.2. The molecule has 0 aromatic carbocycles. The average Bonchev–Trinajstić information content (AvgIpc) is 2.14. The molecule has 0 spiro atoms. The van der Waals surface area contributed by atoms with E-state index in [1.165, 1.54) is 0 Å². The Bertz CT molecular complexity index is 293. The minimum Gasteiger partial charge on any atom is -0.394 e. The molecule has 1 atom stereocenters. The zero-order chi connectivity index (χ0) is 10.6. The maximum atomic E-state index is 9.09. The van der Waals surface area contributed by atoms with E-state index >= 15 is 0 Å². The van der Waals surface area contributed by atoms with Gasteiger partial charge in [0.25, 0.3) is 0 Å². The largest absolute Gasteiger partial charge is 0.394 e. The Balaban J connectivity index is 2.67. The zero-order valence-corrected chi connectivity index (χ0v) is 8.99. The first-order chi connectivity index (χ1) is 6.63.